The Morgan fingerprint density at radius 3 is 2.77 bits per heavy atom. The van der Waals surface area contributed by atoms with Crippen LogP contribution < -0.4 is 5.32 Å². The van der Waals surface area contributed by atoms with Gasteiger partial charge in [-0.3, -0.25) is 4.79 Å². The number of carbonyl (C=O) groups excluding carboxylic acids is 1. The number of nitrogens with one attached hydrogen (secondary N) is 2. The molecule has 1 aromatic heterocycles. The highest BCUT2D eigenvalue weighted by Crippen LogP contribution is 2.24. The van der Waals surface area contributed by atoms with Gasteiger partial charge in [-0.25, -0.2) is 4.98 Å². The molecule has 158 valence electrons. The molecule has 1 amide bonds. The zero-order chi connectivity index (χ0) is 20.8. The predicted molar refractivity (Wildman–Crippen MR) is 124 cm³/mol. The normalized spacial score (nSPS) is 15.5. The summed E-state index contributed by atoms with van der Waals surface area (Å²) in [5.74, 6) is 1.58. The van der Waals surface area contributed by atoms with Crippen molar-refractivity contribution in [2.24, 2.45) is 5.92 Å². The van der Waals surface area contributed by atoms with Gasteiger partial charge in [0.15, 0.2) is 5.16 Å². The fourth-order valence-electron chi connectivity index (χ4n) is 3.90. The molecule has 0 aliphatic carbocycles. The van der Waals surface area contributed by atoms with Gasteiger partial charge in [-0.05, 0) is 68.6 Å². The van der Waals surface area contributed by atoms with Gasteiger partial charge in [-0.1, -0.05) is 49.0 Å². The molecule has 6 heteroatoms. The number of fused-ring (bicyclic) bond motifs is 1. The number of aromatic nitrogens is 2. The van der Waals surface area contributed by atoms with Gasteiger partial charge in [0.2, 0.25) is 0 Å². The number of hydrogen-bond donors (Lipinski definition) is 2. The number of aromatic amines is 1. The minimum absolute atomic E-state index is 0.0167. The highest BCUT2D eigenvalue weighted by atomic mass is 32.2. The first kappa shape index (κ1) is 20.9. The maximum atomic E-state index is 12.8. The molecule has 1 aliphatic heterocycles. The Bertz CT molecular complexity index is 945. The van der Waals surface area contributed by atoms with Crippen molar-refractivity contribution in [3.05, 3.63) is 59.7 Å². The second-order valence-electron chi connectivity index (χ2n) is 8.14. The summed E-state index contributed by atoms with van der Waals surface area (Å²) in [6, 6.07) is 15.9. The standard InChI is InChI=1S/C24H30N4OS/c1-18-11-15-28(16-12-18)14-6-13-25-23(29)20-8-3-2-7-19(20)17-30-24-26-21-9-4-5-10-22(21)27-24/h2-5,7-10,18H,6,11-17H2,1H3,(H,25,29)(H,26,27). The molecule has 3 aromatic rings. The van der Waals surface area contributed by atoms with Gasteiger partial charge < -0.3 is 15.2 Å². The molecule has 2 N–H and O–H groups in total. The molecule has 30 heavy (non-hydrogen) atoms. The number of nitrogens with zero attached hydrogens (tertiary/aromatic N) is 2. The van der Waals surface area contributed by atoms with E-state index in [1.165, 1.54) is 25.9 Å². The van der Waals surface area contributed by atoms with Crippen LogP contribution in [-0.2, 0) is 5.75 Å². The summed E-state index contributed by atoms with van der Waals surface area (Å²) in [5.41, 5.74) is 3.79. The van der Waals surface area contributed by atoms with Gasteiger partial charge in [0.05, 0.1) is 11.0 Å². The number of likely N-dealkylation sites (tertiary alicyclic amines) is 1. The van der Waals surface area contributed by atoms with E-state index in [2.05, 4.69) is 27.1 Å². The average molecular weight is 423 g/mol. The number of hydrogen-bond acceptors (Lipinski definition) is 4. The van der Waals surface area contributed by atoms with Crippen LogP contribution in [0, 0.1) is 5.92 Å². The van der Waals surface area contributed by atoms with Crippen LogP contribution in [0.1, 0.15) is 42.1 Å². The smallest absolute Gasteiger partial charge is 0.251 e. The maximum Gasteiger partial charge on any atom is 0.251 e. The van der Waals surface area contributed by atoms with Gasteiger partial charge in [-0.15, -0.1) is 0 Å². The summed E-state index contributed by atoms with van der Waals surface area (Å²) in [6.07, 6.45) is 3.58. The Kier molecular flexibility index (Phi) is 7.07. The molecule has 0 unspecified atom stereocenters. The first-order chi connectivity index (χ1) is 14.7. The molecule has 0 saturated carbocycles. The van der Waals surface area contributed by atoms with Gasteiger partial charge in [0.1, 0.15) is 0 Å². The second-order valence-corrected chi connectivity index (χ2v) is 9.10. The van der Waals surface area contributed by atoms with E-state index in [1.54, 1.807) is 11.8 Å². The number of piperidine rings is 1. The lowest BCUT2D eigenvalue weighted by atomic mass is 9.99. The lowest BCUT2D eigenvalue weighted by Gasteiger charge is -2.30. The number of benzene rings is 2. The molecule has 1 aliphatic rings. The number of carbonyl (C=O) groups is 1. The molecule has 2 heterocycles. The lowest BCUT2D eigenvalue weighted by molar-refractivity contribution is 0.0950. The number of H-pyrrole nitrogens is 1. The fraction of sp³-hybridized carbons (Fsp3) is 0.417. The zero-order valence-electron chi connectivity index (χ0n) is 17.6. The van der Waals surface area contributed by atoms with E-state index in [-0.39, 0.29) is 5.91 Å². The summed E-state index contributed by atoms with van der Waals surface area (Å²) >= 11 is 1.62. The number of para-hydroxylation sites is 2. The number of thioether (sulfide) groups is 1. The van der Waals surface area contributed by atoms with E-state index in [0.717, 1.165) is 52.7 Å². The van der Waals surface area contributed by atoms with Gasteiger partial charge in [0.25, 0.3) is 5.91 Å². The quantitative estimate of drug-likeness (QED) is 0.408. The average Bonchev–Trinajstić information content (AvgIpc) is 3.19. The van der Waals surface area contributed by atoms with Crippen LogP contribution in [0.15, 0.2) is 53.7 Å². The van der Waals surface area contributed by atoms with Crippen molar-refractivity contribution >= 4 is 28.7 Å². The van der Waals surface area contributed by atoms with Crippen molar-refractivity contribution < 1.29 is 4.79 Å². The second kappa shape index (κ2) is 10.1. The molecule has 0 radical (unpaired) electrons. The third-order valence-corrected chi connectivity index (χ3v) is 6.73. The van der Waals surface area contributed by atoms with E-state index in [1.807, 2.05) is 48.5 Å². The van der Waals surface area contributed by atoms with Gasteiger partial charge >= 0.3 is 0 Å². The van der Waals surface area contributed by atoms with E-state index in [4.69, 9.17) is 0 Å². The van der Waals surface area contributed by atoms with Crippen molar-refractivity contribution in [3.63, 3.8) is 0 Å². The molecule has 2 aromatic carbocycles. The van der Waals surface area contributed by atoms with E-state index < -0.39 is 0 Å². The molecular formula is C24H30N4OS. The number of amides is 1. The molecule has 1 fully saturated rings. The fourth-order valence-corrected chi connectivity index (χ4v) is 4.79. The minimum atomic E-state index is 0.0167. The van der Waals surface area contributed by atoms with Crippen LogP contribution in [0.25, 0.3) is 11.0 Å². The summed E-state index contributed by atoms with van der Waals surface area (Å²) in [7, 11) is 0. The monoisotopic (exact) mass is 422 g/mol. The Morgan fingerprint density at radius 2 is 1.93 bits per heavy atom. The highest BCUT2D eigenvalue weighted by Gasteiger charge is 2.15. The first-order valence-corrected chi connectivity index (χ1v) is 11.8. The highest BCUT2D eigenvalue weighted by molar-refractivity contribution is 7.98. The van der Waals surface area contributed by atoms with E-state index >= 15 is 0 Å². The summed E-state index contributed by atoms with van der Waals surface area (Å²) in [5, 5.41) is 3.99. The summed E-state index contributed by atoms with van der Waals surface area (Å²) in [4.78, 5) is 23.2. The van der Waals surface area contributed by atoms with Crippen molar-refractivity contribution in [2.45, 2.75) is 37.1 Å². The topological polar surface area (TPSA) is 61.0 Å². The zero-order valence-corrected chi connectivity index (χ0v) is 18.4. The van der Waals surface area contributed by atoms with Crippen LogP contribution in [-0.4, -0.2) is 47.0 Å². The van der Waals surface area contributed by atoms with Crippen LogP contribution in [0.2, 0.25) is 0 Å². The Balaban J connectivity index is 1.28. The van der Waals surface area contributed by atoms with E-state index in [9.17, 15) is 4.79 Å². The van der Waals surface area contributed by atoms with Crippen LogP contribution in [0.5, 0.6) is 0 Å². The molecule has 1 saturated heterocycles. The van der Waals surface area contributed by atoms with Crippen molar-refractivity contribution in [1.29, 1.82) is 0 Å². The molecule has 0 atom stereocenters. The largest absolute Gasteiger partial charge is 0.352 e. The van der Waals surface area contributed by atoms with Gasteiger partial charge in [-0.2, -0.15) is 0 Å². The summed E-state index contributed by atoms with van der Waals surface area (Å²) in [6.45, 7) is 6.50. The molecule has 0 bridgehead atoms. The third-order valence-electron chi connectivity index (χ3n) is 5.81. The minimum Gasteiger partial charge on any atom is -0.352 e. The van der Waals surface area contributed by atoms with Crippen LogP contribution in [0.3, 0.4) is 0 Å². The van der Waals surface area contributed by atoms with Crippen LogP contribution >= 0.6 is 11.8 Å². The predicted octanol–water partition coefficient (Wildman–Crippen LogP) is 4.71. The molecule has 5 nitrogen and oxygen atoms in total. The third kappa shape index (κ3) is 5.43. The molecule has 0 spiro atoms. The Morgan fingerprint density at radius 1 is 1.17 bits per heavy atom. The number of imidazole rings is 1. The SMILES string of the molecule is CC1CCN(CCCNC(=O)c2ccccc2CSc2nc3ccccc3[nH]2)CC1. The molecular weight excluding hydrogens is 392 g/mol. The number of rotatable bonds is 8. The Hall–Kier alpha value is -2.31. The van der Waals surface area contributed by atoms with Crippen LogP contribution in [0.4, 0.5) is 0 Å². The summed E-state index contributed by atoms with van der Waals surface area (Å²) < 4.78 is 0. The van der Waals surface area contributed by atoms with Crippen molar-refractivity contribution in [1.82, 2.24) is 20.2 Å². The maximum absolute atomic E-state index is 12.8. The van der Waals surface area contributed by atoms with Crippen molar-refractivity contribution in [3.8, 4) is 0 Å². The van der Waals surface area contributed by atoms with Gasteiger partial charge in [0, 0.05) is 17.9 Å². The lowest BCUT2D eigenvalue weighted by Crippen LogP contribution is -2.35. The van der Waals surface area contributed by atoms with E-state index in [0.29, 0.717) is 5.75 Å². The molecule has 4 rings (SSSR count). The Labute approximate surface area is 182 Å². The first-order valence-electron chi connectivity index (χ1n) is 10.8. The van der Waals surface area contributed by atoms with Crippen molar-refractivity contribution in [2.75, 3.05) is 26.2 Å².